The molecule has 0 spiro atoms. The van der Waals surface area contributed by atoms with Crippen molar-refractivity contribution in [1.82, 2.24) is 19.7 Å². The van der Waals surface area contributed by atoms with Crippen molar-refractivity contribution in [3.63, 3.8) is 0 Å². The highest BCUT2D eigenvalue weighted by Crippen LogP contribution is 2.45. The van der Waals surface area contributed by atoms with Crippen LogP contribution in [0.1, 0.15) is 86.9 Å². The molecule has 258 valence electrons. The number of nitrogens with zero attached hydrogens (tertiary/aromatic N) is 5. The van der Waals surface area contributed by atoms with Crippen molar-refractivity contribution in [2.75, 3.05) is 15.5 Å². The van der Waals surface area contributed by atoms with E-state index in [4.69, 9.17) is 18.4 Å². The number of carbonyl (C=O) groups excluding carboxylic acids is 3. The highest BCUT2D eigenvalue weighted by atomic mass is 16.6. The Morgan fingerprint density at radius 3 is 2.16 bits per heavy atom. The number of anilines is 3. The van der Waals surface area contributed by atoms with E-state index in [0.29, 0.717) is 44.5 Å². The van der Waals surface area contributed by atoms with Gasteiger partial charge in [-0.3, -0.25) is 5.32 Å². The van der Waals surface area contributed by atoms with Gasteiger partial charge in [0.15, 0.2) is 11.4 Å². The molecule has 5 aromatic rings. The number of carbonyl (C=O) groups is 3. The molecule has 0 unspecified atom stereocenters. The Labute approximate surface area is 283 Å². The van der Waals surface area contributed by atoms with Crippen LogP contribution in [0.4, 0.5) is 31.8 Å². The number of hydrogen-bond acceptors (Lipinski definition) is 10. The molecule has 4 aromatic heterocycles. The van der Waals surface area contributed by atoms with E-state index < -0.39 is 29.4 Å². The van der Waals surface area contributed by atoms with Gasteiger partial charge in [0.25, 0.3) is 0 Å². The predicted octanol–water partition coefficient (Wildman–Crippen LogP) is 8.79. The van der Waals surface area contributed by atoms with Crippen LogP contribution in [0, 0.1) is 0 Å². The lowest BCUT2D eigenvalue weighted by Gasteiger charge is -2.28. The first-order chi connectivity index (χ1) is 22.9. The van der Waals surface area contributed by atoms with Gasteiger partial charge in [-0.05, 0) is 72.1 Å². The molecule has 4 heterocycles. The Morgan fingerprint density at radius 1 is 0.898 bits per heavy atom. The number of hydrogen-bond donors (Lipinski definition) is 2. The molecule has 1 saturated carbocycles. The van der Waals surface area contributed by atoms with Gasteiger partial charge in [0, 0.05) is 34.7 Å². The molecule has 14 nitrogen and oxygen atoms in total. The maximum atomic E-state index is 13.7. The average Bonchev–Trinajstić information content (AvgIpc) is 3.34. The smallest absolute Gasteiger partial charge is 0.425 e. The van der Waals surface area contributed by atoms with Gasteiger partial charge >= 0.3 is 18.2 Å². The fourth-order valence-corrected chi connectivity index (χ4v) is 5.28. The molecule has 49 heavy (non-hydrogen) atoms. The summed E-state index contributed by atoms with van der Waals surface area (Å²) < 4.78 is 24.6. The minimum atomic E-state index is -0.938. The van der Waals surface area contributed by atoms with Gasteiger partial charge in [-0.1, -0.05) is 32.0 Å². The molecule has 0 saturated heterocycles. The number of benzene rings is 1. The Balaban J connectivity index is 1.43. The van der Waals surface area contributed by atoms with Crippen LogP contribution in [0.3, 0.4) is 0 Å². The monoisotopic (exact) mass is 671 g/mol. The zero-order chi connectivity index (χ0) is 35.5. The number of aromatic nitrogens is 4. The second-order valence-corrected chi connectivity index (χ2v) is 15.1. The van der Waals surface area contributed by atoms with Gasteiger partial charge in [0.2, 0.25) is 5.88 Å². The molecular weight excluding hydrogens is 630 g/mol. The Bertz CT molecular complexity index is 2040. The molecule has 0 radical (unpaired) electrons. The molecule has 4 amide bonds. The van der Waals surface area contributed by atoms with Gasteiger partial charge in [0.05, 0.1) is 23.0 Å². The van der Waals surface area contributed by atoms with E-state index in [1.807, 2.05) is 37.6 Å². The minimum absolute atomic E-state index is 0.0165. The van der Waals surface area contributed by atoms with Crippen LogP contribution >= 0.6 is 0 Å². The van der Waals surface area contributed by atoms with Crippen LogP contribution in [0.25, 0.3) is 33.1 Å². The fourth-order valence-electron chi connectivity index (χ4n) is 5.28. The summed E-state index contributed by atoms with van der Waals surface area (Å²) in [5.41, 5.74) is 1.33. The van der Waals surface area contributed by atoms with E-state index in [-0.39, 0.29) is 23.2 Å². The Hall–Kier alpha value is -5.40. The Morgan fingerprint density at radius 2 is 1.57 bits per heavy atom. The number of nitrogens with one attached hydrogen (secondary N) is 2. The molecule has 14 heteroatoms. The van der Waals surface area contributed by atoms with Crippen molar-refractivity contribution in [2.45, 2.75) is 97.8 Å². The van der Waals surface area contributed by atoms with Crippen LogP contribution in [0.5, 0.6) is 0 Å². The molecule has 0 atom stereocenters. The van der Waals surface area contributed by atoms with Crippen molar-refractivity contribution < 1.29 is 32.8 Å². The molecule has 1 aliphatic carbocycles. The van der Waals surface area contributed by atoms with E-state index >= 15 is 0 Å². The van der Waals surface area contributed by atoms with Gasteiger partial charge in [0.1, 0.15) is 23.2 Å². The fraction of sp³-hybridized carbons (Fsp3) is 0.429. The van der Waals surface area contributed by atoms with Crippen LogP contribution in [-0.4, -0.2) is 49.1 Å². The summed E-state index contributed by atoms with van der Waals surface area (Å²) >= 11 is 0. The second-order valence-electron chi connectivity index (χ2n) is 15.1. The number of amides is 4. The standard InChI is InChI=1S/C35H41N7O7/c1-33(2,3)24-16-25(49-40-24)39-30(43)38-23-13-12-20(21-14-15-46-27(21)23)22-17-41(19-10-11-19)28-26(22)29(37-18-36-28)42(31(44)47-34(4,5)6)32(45)48-35(7,8)9/h12-19H,10-11H2,1-9H3,(H2,38,39,43). The molecule has 1 fully saturated rings. The molecule has 0 aliphatic heterocycles. The third-order valence-corrected chi connectivity index (χ3v) is 7.56. The quantitative estimate of drug-likeness (QED) is 0.184. The summed E-state index contributed by atoms with van der Waals surface area (Å²) in [6.45, 7) is 16.2. The molecule has 0 bridgehead atoms. The van der Waals surface area contributed by atoms with Crippen molar-refractivity contribution in [3.8, 4) is 11.1 Å². The summed E-state index contributed by atoms with van der Waals surface area (Å²) in [5.74, 6) is 0.220. The lowest BCUT2D eigenvalue weighted by molar-refractivity contribution is 0.0429. The van der Waals surface area contributed by atoms with Gasteiger partial charge in [-0.15, -0.1) is 0 Å². The van der Waals surface area contributed by atoms with E-state index in [2.05, 4.69) is 25.8 Å². The molecule has 1 aromatic carbocycles. The van der Waals surface area contributed by atoms with E-state index in [1.54, 1.807) is 59.7 Å². The maximum Gasteiger partial charge on any atom is 0.425 e. The van der Waals surface area contributed by atoms with Crippen LogP contribution in [0.2, 0.25) is 0 Å². The van der Waals surface area contributed by atoms with E-state index in [9.17, 15) is 14.4 Å². The number of urea groups is 1. The molecule has 1 aliphatic rings. The van der Waals surface area contributed by atoms with Crippen molar-refractivity contribution in [1.29, 1.82) is 0 Å². The maximum absolute atomic E-state index is 13.7. The summed E-state index contributed by atoms with van der Waals surface area (Å²) in [6.07, 6.45) is 4.81. The highest BCUT2D eigenvalue weighted by Gasteiger charge is 2.37. The lowest BCUT2D eigenvalue weighted by Crippen LogP contribution is -2.44. The van der Waals surface area contributed by atoms with Crippen molar-refractivity contribution >= 4 is 57.6 Å². The zero-order valence-corrected chi connectivity index (χ0v) is 29.1. The molecule has 2 N–H and O–H groups in total. The molecular formula is C35H41N7O7. The summed E-state index contributed by atoms with van der Waals surface area (Å²) in [4.78, 5) is 50.3. The van der Waals surface area contributed by atoms with Crippen LogP contribution in [0.15, 0.2) is 52.0 Å². The largest absolute Gasteiger partial charge is 0.462 e. The normalized spacial score (nSPS) is 13.8. The first-order valence-electron chi connectivity index (χ1n) is 16.1. The first-order valence-corrected chi connectivity index (χ1v) is 16.1. The lowest BCUT2D eigenvalue weighted by atomic mass is 9.92. The number of rotatable bonds is 5. The van der Waals surface area contributed by atoms with E-state index in [1.165, 1.54) is 12.6 Å². The van der Waals surface area contributed by atoms with Gasteiger partial charge in [-0.25, -0.2) is 24.4 Å². The minimum Gasteiger partial charge on any atom is -0.462 e. The summed E-state index contributed by atoms with van der Waals surface area (Å²) in [5, 5.41) is 10.7. The zero-order valence-electron chi connectivity index (χ0n) is 29.1. The third-order valence-electron chi connectivity index (χ3n) is 7.56. The predicted molar refractivity (Wildman–Crippen MR) is 184 cm³/mol. The van der Waals surface area contributed by atoms with E-state index in [0.717, 1.165) is 17.7 Å². The molecule has 6 rings (SSSR count). The van der Waals surface area contributed by atoms with Crippen LogP contribution in [-0.2, 0) is 14.9 Å². The Kier molecular flexibility index (Phi) is 8.16. The second kappa shape index (κ2) is 11.9. The number of imide groups is 1. The van der Waals surface area contributed by atoms with Crippen LogP contribution < -0.4 is 15.5 Å². The summed E-state index contributed by atoms with van der Waals surface area (Å²) in [6, 6.07) is 6.64. The number of ether oxygens (including phenoxy) is 2. The van der Waals surface area contributed by atoms with Gasteiger partial charge in [-0.2, -0.15) is 4.90 Å². The first kappa shape index (κ1) is 33.5. The SMILES string of the molecule is CC(C)(C)OC(=O)N(C(=O)OC(C)(C)C)c1ncnc2c1c(-c1ccc(NC(=O)Nc3cc(C(C)(C)C)no3)c3occc13)cn2C1CC1. The van der Waals surface area contributed by atoms with Crippen molar-refractivity contribution in [3.05, 3.63) is 48.7 Å². The summed E-state index contributed by atoms with van der Waals surface area (Å²) in [7, 11) is 0. The average molecular weight is 672 g/mol. The number of fused-ring (bicyclic) bond motifs is 2. The highest BCUT2D eigenvalue weighted by molar-refractivity contribution is 6.18. The number of furan rings is 1. The topological polar surface area (TPSA) is 167 Å². The van der Waals surface area contributed by atoms with Gasteiger partial charge < -0.3 is 28.3 Å². The van der Waals surface area contributed by atoms with Crippen molar-refractivity contribution in [2.24, 2.45) is 0 Å². The third kappa shape index (κ3) is 7.08.